The summed E-state index contributed by atoms with van der Waals surface area (Å²) < 4.78 is 0. The number of carbonyl (C=O) groups excluding carboxylic acids is 2. The Morgan fingerprint density at radius 3 is 2.50 bits per heavy atom. The average Bonchev–Trinajstić information content (AvgIpc) is 3.23. The van der Waals surface area contributed by atoms with Crippen LogP contribution in [0.5, 0.6) is 0 Å². The molecule has 1 fully saturated rings. The molecule has 0 bridgehead atoms. The van der Waals surface area contributed by atoms with Gasteiger partial charge in [0.1, 0.15) is 0 Å². The van der Waals surface area contributed by atoms with Gasteiger partial charge in [0.15, 0.2) is 0 Å². The van der Waals surface area contributed by atoms with Gasteiger partial charge in [-0.3, -0.25) is 4.79 Å². The summed E-state index contributed by atoms with van der Waals surface area (Å²) >= 11 is 5.84. The zero-order valence-electron chi connectivity index (χ0n) is 17.1. The molecule has 0 saturated carbocycles. The van der Waals surface area contributed by atoms with Crippen molar-refractivity contribution in [1.29, 1.82) is 0 Å². The Morgan fingerprint density at radius 2 is 1.73 bits per heavy atom. The number of rotatable bonds is 9. The average molecular weight is 429 g/mol. The van der Waals surface area contributed by atoms with Crippen molar-refractivity contribution in [3.05, 3.63) is 70.7 Å². The molecule has 2 aromatic carbocycles. The molecule has 1 atom stereocenters. The van der Waals surface area contributed by atoms with Gasteiger partial charge >= 0.3 is 6.03 Å². The highest BCUT2D eigenvalue weighted by molar-refractivity contribution is 6.30. The van der Waals surface area contributed by atoms with E-state index in [-0.39, 0.29) is 18.5 Å². The minimum absolute atomic E-state index is 0.0309. The third-order valence-corrected chi connectivity index (χ3v) is 5.55. The molecule has 1 aliphatic rings. The first-order chi connectivity index (χ1) is 14.6. The molecule has 160 valence electrons. The van der Waals surface area contributed by atoms with Crippen molar-refractivity contribution in [2.45, 2.75) is 19.4 Å². The quantitative estimate of drug-likeness (QED) is 0.575. The van der Waals surface area contributed by atoms with Crippen molar-refractivity contribution in [3.8, 4) is 0 Å². The maximum atomic E-state index is 12.0. The fourth-order valence-electron chi connectivity index (χ4n) is 3.54. The summed E-state index contributed by atoms with van der Waals surface area (Å²) in [6.45, 7) is 4.11. The minimum atomic E-state index is -0.368. The topological polar surface area (TPSA) is 73.5 Å². The smallest absolute Gasteiger partial charge is 0.315 e. The summed E-state index contributed by atoms with van der Waals surface area (Å²) in [6, 6.07) is 17.4. The summed E-state index contributed by atoms with van der Waals surface area (Å²) in [4.78, 5) is 26.3. The van der Waals surface area contributed by atoms with Gasteiger partial charge in [0.25, 0.3) is 0 Å². The lowest BCUT2D eigenvalue weighted by atomic mass is 10.1. The van der Waals surface area contributed by atoms with Gasteiger partial charge in [-0.2, -0.15) is 0 Å². The molecule has 0 aromatic heterocycles. The molecule has 3 amide bonds. The summed E-state index contributed by atoms with van der Waals surface area (Å²) in [5.41, 5.74) is 2.30. The van der Waals surface area contributed by atoms with Crippen LogP contribution < -0.4 is 16.0 Å². The number of benzene rings is 2. The van der Waals surface area contributed by atoms with Crippen molar-refractivity contribution in [3.63, 3.8) is 0 Å². The zero-order chi connectivity index (χ0) is 21.2. The van der Waals surface area contributed by atoms with Gasteiger partial charge in [-0.15, -0.1) is 0 Å². The van der Waals surface area contributed by atoms with E-state index >= 15 is 0 Å². The van der Waals surface area contributed by atoms with Crippen molar-refractivity contribution in [1.82, 2.24) is 20.9 Å². The Morgan fingerprint density at radius 1 is 0.967 bits per heavy atom. The van der Waals surface area contributed by atoms with Gasteiger partial charge in [-0.1, -0.05) is 54.1 Å². The van der Waals surface area contributed by atoms with E-state index in [0.29, 0.717) is 24.0 Å². The van der Waals surface area contributed by atoms with Crippen LogP contribution in [-0.4, -0.2) is 49.6 Å². The van der Waals surface area contributed by atoms with Crippen LogP contribution in [0.3, 0.4) is 0 Å². The Kier molecular flexibility index (Phi) is 8.53. The normalized spacial score (nSPS) is 16.2. The SMILES string of the molecule is O=C(CNC(=O)NCc1ccc(Cl)cc1)NCC1CCN(CCc2ccccc2)C1. The summed E-state index contributed by atoms with van der Waals surface area (Å²) in [5.74, 6) is 0.294. The lowest BCUT2D eigenvalue weighted by Gasteiger charge is -2.16. The largest absolute Gasteiger partial charge is 0.354 e. The van der Waals surface area contributed by atoms with Crippen LogP contribution >= 0.6 is 11.6 Å². The van der Waals surface area contributed by atoms with E-state index in [1.807, 2.05) is 18.2 Å². The second kappa shape index (κ2) is 11.6. The third kappa shape index (κ3) is 7.69. The van der Waals surface area contributed by atoms with E-state index in [2.05, 4.69) is 45.1 Å². The van der Waals surface area contributed by atoms with E-state index in [0.717, 1.165) is 38.0 Å². The van der Waals surface area contributed by atoms with Crippen molar-refractivity contribution in [2.75, 3.05) is 32.7 Å². The molecule has 1 saturated heterocycles. The predicted molar refractivity (Wildman–Crippen MR) is 119 cm³/mol. The fourth-order valence-corrected chi connectivity index (χ4v) is 3.67. The number of nitrogens with one attached hydrogen (secondary N) is 3. The van der Waals surface area contributed by atoms with Crippen LogP contribution in [0.2, 0.25) is 5.02 Å². The van der Waals surface area contributed by atoms with Crippen molar-refractivity contribution < 1.29 is 9.59 Å². The molecule has 30 heavy (non-hydrogen) atoms. The highest BCUT2D eigenvalue weighted by atomic mass is 35.5. The van der Waals surface area contributed by atoms with Crippen LogP contribution in [0.4, 0.5) is 4.79 Å². The van der Waals surface area contributed by atoms with Crippen LogP contribution in [0.25, 0.3) is 0 Å². The van der Waals surface area contributed by atoms with Gasteiger partial charge in [0.2, 0.25) is 5.91 Å². The standard InChI is InChI=1S/C23H29ClN4O2/c24-21-8-6-19(7-9-21)14-26-23(30)27-16-22(29)25-15-20-11-13-28(17-20)12-10-18-4-2-1-3-5-18/h1-9,20H,10-17H2,(H,25,29)(H2,26,27,30). The highest BCUT2D eigenvalue weighted by Crippen LogP contribution is 2.16. The zero-order valence-corrected chi connectivity index (χ0v) is 17.8. The molecular formula is C23H29ClN4O2. The summed E-state index contributed by atoms with van der Waals surface area (Å²) in [5, 5.41) is 8.90. The molecule has 1 unspecified atom stereocenters. The molecule has 3 N–H and O–H groups in total. The highest BCUT2D eigenvalue weighted by Gasteiger charge is 2.22. The second-order valence-electron chi connectivity index (χ2n) is 7.66. The molecule has 1 aliphatic heterocycles. The number of likely N-dealkylation sites (tertiary alicyclic amines) is 1. The summed E-state index contributed by atoms with van der Waals surface area (Å²) in [7, 11) is 0. The van der Waals surface area contributed by atoms with E-state index in [1.54, 1.807) is 12.1 Å². The number of hydrogen-bond donors (Lipinski definition) is 3. The number of halogens is 1. The van der Waals surface area contributed by atoms with Crippen molar-refractivity contribution in [2.24, 2.45) is 5.92 Å². The van der Waals surface area contributed by atoms with E-state index < -0.39 is 0 Å². The van der Waals surface area contributed by atoms with Gasteiger partial charge in [0.05, 0.1) is 6.54 Å². The van der Waals surface area contributed by atoms with Crippen molar-refractivity contribution >= 4 is 23.5 Å². The first-order valence-electron chi connectivity index (χ1n) is 10.4. The van der Waals surface area contributed by atoms with Gasteiger partial charge in [0, 0.05) is 31.2 Å². The Labute approximate surface area is 183 Å². The first-order valence-corrected chi connectivity index (χ1v) is 10.8. The molecular weight excluding hydrogens is 400 g/mol. The lowest BCUT2D eigenvalue weighted by molar-refractivity contribution is -0.120. The van der Waals surface area contributed by atoms with Gasteiger partial charge in [-0.05, 0) is 48.6 Å². The molecule has 0 spiro atoms. The van der Waals surface area contributed by atoms with E-state index in [9.17, 15) is 9.59 Å². The molecule has 2 aromatic rings. The van der Waals surface area contributed by atoms with Crippen LogP contribution in [-0.2, 0) is 17.8 Å². The monoisotopic (exact) mass is 428 g/mol. The number of hydrogen-bond acceptors (Lipinski definition) is 3. The lowest BCUT2D eigenvalue weighted by Crippen LogP contribution is -2.43. The Hall–Kier alpha value is -2.57. The van der Waals surface area contributed by atoms with E-state index in [1.165, 1.54) is 5.56 Å². The third-order valence-electron chi connectivity index (χ3n) is 5.29. The Balaban J connectivity index is 1.25. The fraction of sp³-hybridized carbons (Fsp3) is 0.391. The van der Waals surface area contributed by atoms with Crippen LogP contribution in [0, 0.1) is 5.92 Å². The molecule has 7 heteroatoms. The Bertz CT molecular complexity index is 814. The molecule has 0 radical (unpaired) electrons. The van der Waals surface area contributed by atoms with Gasteiger partial charge in [-0.25, -0.2) is 4.79 Å². The first kappa shape index (κ1) is 22.1. The molecule has 1 heterocycles. The molecule has 6 nitrogen and oxygen atoms in total. The summed E-state index contributed by atoms with van der Waals surface area (Å²) in [6.07, 6.45) is 2.14. The predicted octanol–water partition coefficient (Wildman–Crippen LogP) is 2.82. The maximum Gasteiger partial charge on any atom is 0.315 e. The molecule has 0 aliphatic carbocycles. The minimum Gasteiger partial charge on any atom is -0.354 e. The number of urea groups is 1. The number of nitrogens with zero attached hydrogens (tertiary/aromatic N) is 1. The second-order valence-corrected chi connectivity index (χ2v) is 8.09. The van der Waals surface area contributed by atoms with Crippen LogP contribution in [0.1, 0.15) is 17.5 Å². The van der Waals surface area contributed by atoms with E-state index in [4.69, 9.17) is 11.6 Å². The maximum absolute atomic E-state index is 12.0. The number of amides is 3. The van der Waals surface area contributed by atoms with Crippen LogP contribution in [0.15, 0.2) is 54.6 Å². The number of carbonyl (C=O) groups is 2. The molecule has 3 rings (SSSR count). The van der Waals surface area contributed by atoms with Gasteiger partial charge < -0.3 is 20.9 Å².